The fourth-order valence-corrected chi connectivity index (χ4v) is 1.16. The van der Waals surface area contributed by atoms with Crippen LogP contribution in [0.3, 0.4) is 0 Å². The van der Waals surface area contributed by atoms with Crippen molar-refractivity contribution in [3.63, 3.8) is 0 Å². The van der Waals surface area contributed by atoms with Gasteiger partial charge in [0.1, 0.15) is 0 Å². The first-order valence-corrected chi connectivity index (χ1v) is 3.62. The van der Waals surface area contributed by atoms with Gasteiger partial charge >= 0.3 is 0 Å². The average Bonchev–Trinajstić information content (AvgIpc) is 2.86. The molecular formula is C9H7N2. The summed E-state index contributed by atoms with van der Waals surface area (Å²) in [6.07, 6.45) is 6.46. The lowest BCUT2D eigenvalue weighted by atomic mass is 10.0. The van der Waals surface area contributed by atoms with Crippen LogP contribution in [0.1, 0.15) is 18.4 Å². The van der Waals surface area contributed by atoms with Gasteiger partial charge in [-0.3, -0.25) is 4.98 Å². The molecule has 1 aliphatic rings. The molecule has 0 aliphatic heterocycles. The molecule has 2 nitrogen and oxygen atoms in total. The highest BCUT2D eigenvalue weighted by Crippen LogP contribution is 2.46. The van der Waals surface area contributed by atoms with Gasteiger partial charge < -0.3 is 0 Å². The average molecular weight is 143 g/mol. The molecule has 11 heavy (non-hydrogen) atoms. The van der Waals surface area contributed by atoms with Crippen molar-refractivity contribution in [2.24, 2.45) is 0 Å². The summed E-state index contributed by atoms with van der Waals surface area (Å²) in [5, 5.41) is 8.81. The van der Waals surface area contributed by atoms with Gasteiger partial charge in [-0.25, -0.2) is 0 Å². The number of hydrogen-bond donors (Lipinski definition) is 0. The van der Waals surface area contributed by atoms with Gasteiger partial charge in [-0.1, -0.05) is 6.07 Å². The molecular weight excluding hydrogens is 136 g/mol. The van der Waals surface area contributed by atoms with Crippen molar-refractivity contribution in [2.45, 2.75) is 18.3 Å². The molecule has 1 fully saturated rings. The van der Waals surface area contributed by atoms with E-state index in [4.69, 9.17) is 5.26 Å². The molecule has 0 N–H and O–H groups in total. The lowest BCUT2D eigenvalue weighted by Gasteiger charge is -2.01. The molecule has 0 amide bonds. The normalized spacial score (nSPS) is 18.8. The third kappa shape index (κ3) is 0.894. The molecule has 0 bridgehead atoms. The van der Waals surface area contributed by atoms with Crippen LogP contribution in [0, 0.1) is 17.5 Å². The summed E-state index contributed by atoms with van der Waals surface area (Å²) in [6.45, 7) is 0. The van der Waals surface area contributed by atoms with E-state index in [1.54, 1.807) is 6.20 Å². The molecule has 0 atom stereocenters. The van der Waals surface area contributed by atoms with Gasteiger partial charge in [-0.15, -0.1) is 0 Å². The minimum atomic E-state index is -0.228. The lowest BCUT2D eigenvalue weighted by Crippen LogP contribution is -2.02. The number of pyridine rings is 1. The molecule has 0 unspecified atom stereocenters. The number of aromatic nitrogens is 1. The Hall–Kier alpha value is -1.36. The van der Waals surface area contributed by atoms with Crippen LogP contribution in [0.15, 0.2) is 18.3 Å². The first-order chi connectivity index (χ1) is 5.37. The van der Waals surface area contributed by atoms with E-state index < -0.39 is 0 Å². The predicted molar refractivity (Wildman–Crippen MR) is 39.6 cm³/mol. The molecule has 0 aromatic carbocycles. The molecule has 0 saturated heterocycles. The molecule has 1 aliphatic carbocycles. The van der Waals surface area contributed by atoms with Gasteiger partial charge in [0, 0.05) is 11.8 Å². The van der Waals surface area contributed by atoms with Gasteiger partial charge in [0.15, 0.2) is 0 Å². The van der Waals surface area contributed by atoms with Crippen molar-refractivity contribution >= 4 is 0 Å². The van der Waals surface area contributed by atoms with Crippen LogP contribution in [0.25, 0.3) is 0 Å². The van der Waals surface area contributed by atoms with Crippen LogP contribution in [0.4, 0.5) is 0 Å². The second-order valence-electron chi connectivity index (χ2n) is 2.86. The Morgan fingerprint density at radius 2 is 2.45 bits per heavy atom. The third-order valence-corrected chi connectivity index (χ3v) is 2.09. The number of hydrogen-bond acceptors (Lipinski definition) is 2. The summed E-state index contributed by atoms with van der Waals surface area (Å²) < 4.78 is 0. The first kappa shape index (κ1) is 6.36. The third-order valence-electron chi connectivity index (χ3n) is 2.09. The number of nitrogens with zero attached hydrogens (tertiary/aromatic N) is 2. The maximum absolute atomic E-state index is 8.81. The smallest absolute Gasteiger partial charge is 0.0937 e. The zero-order valence-electron chi connectivity index (χ0n) is 6.04. The number of rotatable bonds is 1. The fraction of sp³-hybridized carbons (Fsp3) is 0.333. The zero-order chi connectivity index (χ0) is 7.73. The highest BCUT2D eigenvalue weighted by molar-refractivity contribution is 5.35. The van der Waals surface area contributed by atoms with Gasteiger partial charge in [0.05, 0.1) is 17.7 Å². The van der Waals surface area contributed by atoms with Gasteiger partial charge in [0.25, 0.3) is 0 Å². The van der Waals surface area contributed by atoms with E-state index >= 15 is 0 Å². The molecule has 1 saturated carbocycles. The minimum Gasteiger partial charge on any atom is -0.254 e. The standard InChI is InChI=1S/C9H7N2/c10-7-9(3-4-9)8-2-1-5-11-6-8/h1-2,5H,3-4H2. The Kier molecular flexibility index (Phi) is 1.19. The molecule has 53 valence electrons. The largest absolute Gasteiger partial charge is 0.254 e. The Bertz CT molecular complexity index is 293. The van der Waals surface area contributed by atoms with Crippen molar-refractivity contribution in [3.8, 4) is 6.07 Å². The second kappa shape index (κ2) is 2.06. The second-order valence-corrected chi connectivity index (χ2v) is 2.86. The maximum atomic E-state index is 8.81. The fourth-order valence-electron chi connectivity index (χ4n) is 1.16. The topological polar surface area (TPSA) is 36.7 Å². The van der Waals surface area contributed by atoms with Crippen LogP contribution >= 0.6 is 0 Å². The molecule has 1 heterocycles. The Balaban J connectivity index is 2.39. The van der Waals surface area contributed by atoms with E-state index in [1.807, 2.05) is 12.1 Å². The Morgan fingerprint density at radius 3 is 2.91 bits per heavy atom. The number of nitriles is 1. The minimum absolute atomic E-state index is 0.228. The molecule has 1 aromatic heterocycles. The van der Waals surface area contributed by atoms with Crippen LogP contribution in [-0.4, -0.2) is 4.98 Å². The lowest BCUT2D eigenvalue weighted by molar-refractivity contribution is 0.893. The van der Waals surface area contributed by atoms with E-state index in [9.17, 15) is 0 Å². The summed E-state index contributed by atoms with van der Waals surface area (Å²) in [4.78, 5) is 3.86. The molecule has 2 heteroatoms. The van der Waals surface area contributed by atoms with E-state index in [0.717, 1.165) is 18.4 Å². The Labute approximate surface area is 65.5 Å². The van der Waals surface area contributed by atoms with E-state index in [0.29, 0.717) is 0 Å². The van der Waals surface area contributed by atoms with Crippen molar-refractivity contribution < 1.29 is 0 Å². The van der Waals surface area contributed by atoms with Crippen molar-refractivity contribution in [2.75, 3.05) is 0 Å². The van der Waals surface area contributed by atoms with E-state index in [1.165, 1.54) is 0 Å². The zero-order valence-corrected chi connectivity index (χ0v) is 6.04. The maximum Gasteiger partial charge on any atom is 0.0937 e. The molecule has 0 spiro atoms. The summed E-state index contributed by atoms with van der Waals surface area (Å²) >= 11 is 0. The van der Waals surface area contributed by atoms with Crippen LogP contribution in [-0.2, 0) is 5.41 Å². The van der Waals surface area contributed by atoms with Crippen molar-refractivity contribution in [3.05, 3.63) is 30.1 Å². The summed E-state index contributed by atoms with van der Waals surface area (Å²) in [7, 11) is 0. The summed E-state index contributed by atoms with van der Waals surface area (Å²) in [5.74, 6) is 0. The van der Waals surface area contributed by atoms with Crippen LogP contribution in [0.5, 0.6) is 0 Å². The van der Waals surface area contributed by atoms with E-state index in [-0.39, 0.29) is 5.41 Å². The van der Waals surface area contributed by atoms with Gasteiger partial charge in [-0.2, -0.15) is 5.26 Å². The van der Waals surface area contributed by atoms with Gasteiger partial charge in [-0.05, 0) is 18.9 Å². The highest BCUT2D eigenvalue weighted by Gasteiger charge is 2.45. The summed E-state index contributed by atoms with van der Waals surface area (Å²) in [6, 6.07) is 6.07. The predicted octanol–water partition coefficient (Wildman–Crippen LogP) is 1.44. The van der Waals surface area contributed by atoms with Gasteiger partial charge in [0.2, 0.25) is 0 Å². The molecule has 2 rings (SSSR count). The van der Waals surface area contributed by atoms with Crippen LogP contribution < -0.4 is 0 Å². The SMILES string of the molecule is N#CC1(c2[c]nccc2)CC1. The monoisotopic (exact) mass is 143 g/mol. The quantitative estimate of drug-likeness (QED) is 0.596. The first-order valence-electron chi connectivity index (χ1n) is 3.62. The van der Waals surface area contributed by atoms with Crippen LogP contribution in [0.2, 0.25) is 0 Å². The Morgan fingerprint density at radius 1 is 1.64 bits per heavy atom. The van der Waals surface area contributed by atoms with Crippen molar-refractivity contribution in [1.29, 1.82) is 5.26 Å². The molecule has 1 radical (unpaired) electrons. The molecule has 1 aromatic rings. The van der Waals surface area contributed by atoms with Crippen molar-refractivity contribution in [1.82, 2.24) is 4.98 Å². The highest BCUT2D eigenvalue weighted by atomic mass is 14.6. The summed E-state index contributed by atoms with van der Waals surface area (Å²) in [5.41, 5.74) is 0.719. The van der Waals surface area contributed by atoms with E-state index in [2.05, 4.69) is 17.3 Å².